The van der Waals surface area contributed by atoms with Gasteiger partial charge in [0.15, 0.2) is 5.79 Å². The third kappa shape index (κ3) is 2.41. The molecule has 4 unspecified atom stereocenters. The van der Waals surface area contributed by atoms with Crippen LogP contribution in [-0.4, -0.2) is 31.1 Å². The summed E-state index contributed by atoms with van der Waals surface area (Å²) in [4.78, 5) is 12.0. The lowest BCUT2D eigenvalue weighted by Crippen LogP contribution is -2.29. The van der Waals surface area contributed by atoms with E-state index in [-0.39, 0.29) is 18.0 Å². The summed E-state index contributed by atoms with van der Waals surface area (Å²) in [6, 6.07) is 0. The molecule has 0 aromatic rings. The van der Waals surface area contributed by atoms with Gasteiger partial charge >= 0.3 is 5.97 Å². The minimum Gasteiger partial charge on any atom is -0.463 e. The number of rotatable bonds is 3. The van der Waals surface area contributed by atoms with Crippen molar-refractivity contribution in [3.05, 3.63) is 0 Å². The largest absolute Gasteiger partial charge is 0.463 e. The number of hydrogen-bond donors (Lipinski definition) is 0. The van der Waals surface area contributed by atoms with Crippen LogP contribution in [0, 0.1) is 17.8 Å². The van der Waals surface area contributed by atoms with Crippen molar-refractivity contribution in [2.24, 2.45) is 17.8 Å². The lowest BCUT2D eigenvalue weighted by atomic mass is 9.89. The normalized spacial score (nSPS) is 41.2. The molecule has 0 aromatic carbocycles. The second-order valence-electron chi connectivity index (χ2n) is 6.36. The molecule has 0 N–H and O–H groups in total. The molecule has 3 fully saturated rings. The third-order valence-electron chi connectivity index (χ3n) is 4.52. The van der Waals surface area contributed by atoms with Crippen LogP contribution in [0.2, 0.25) is 0 Å². The summed E-state index contributed by atoms with van der Waals surface area (Å²) in [6.07, 6.45) is 4.68. The van der Waals surface area contributed by atoms with Gasteiger partial charge in [-0.3, -0.25) is 4.79 Å². The predicted octanol–water partition coefficient (Wildman–Crippen LogP) is 2.12. The Kier molecular flexibility index (Phi) is 3.10. The molecule has 0 spiro atoms. The average molecular weight is 254 g/mol. The number of esters is 1. The van der Waals surface area contributed by atoms with Gasteiger partial charge in [0.2, 0.25) is 0 Å². The number of carbonyl (C=O) groups excluding carboxylic acids is 1. The average Bonchev–Trinajstić information content (AvgIpc) is 3.00. The highest BCUT2D eigenvalue weighted by molar-refractivity contribution is 5.73. The van der Waals surface area contributed by atoms with Crippen LogP contribution >= 0.6 is 0 Å². The van der Waals surface area contributed by atoms with Gasteiger partial charge in [-0.05, 0) is 44.9 Å². The lowest BCUT2D eigenvalue weighted by Gasteiger charge is -2.21. The van der Waals surface area contributed by atoms with Gasteiger partial charge in [-0.25, -0.2) is 0 Å². The first kappa shape index (κ1) is 12.4. The van der Waals surface area contributed by atoms with Crippen LogP contribution < -0.4 is 0 Å². The predicted molar refractivity (Wildman–Crippen MR) is 64.8 cm³/mol. The van der Waals surface area contributed by atoms with Crippen LogP contribution in [0.4, 0.5) is 0 Å². The van der Waals surface area contributed by atoms with E-state index in [4.69, 9.17) is 14.2 Å². The Morgan fingerprint density at radius 1 is 1.33 bits per heavy atom. The van der Waals surface area contributed by atoms with Crippen molar-refractivity contribution in [3.8, 4) is 0 Å². The molecule has 3 aliphatic rings. The molecule has 3 rings (SSSR count). The van der Waals surface area contributed by atoms with Crippen molar-refractivity contribution in [2.45, 2.75) is 51.4 Å². The van der Waals surface area contributed by atoms with E-state index in [1.807, 2.05) is 13.8 Å². The second kappa shape index (κ2) is 4.49. The van der Waals surface area contributed by atoms with Crippen LogP contribution in [0.25, 0.3) is 0 Å². The molecular weight excluding hydrogens is 232 g/mol. The Labute approximate surface area is 108 Å². The van der Waals surface area contributed by atoms with Crippen molar-refractivity contribution in [1.29, 1.82) is 0 Å². The summed E-state index contributed by atoms with van der Waals surface area (Å²) in [6.45, 7) is 4.60. The highest BCUT2D eigenvalue weighted by Gasteiger charge is 2.44. The molecule has 0 aromatic heterocycles. The fourth-order valence-electron chi connectivity index (χ4n) is 3.66. The van der Waals surface area contributed by atoms with E-state index in [2.05, 4.69) is 0 Å². The van der Waals surface area contributed by atoms with Crippen molar-refractivity contribution >= 4 is 5.97 Å². The maximum Gasteiger partial charge on any atom is 0.309 e. The first-order valence-corrected chi connectivity index (χ1v) is 7.02. The van der Waals surface area contributed by atoms with E-state index < -0.39 is 5.79 Å². The Balaban J connectivity index is 1.45. The molecule has 1 saturated heterocycles. The fraction of sp³-hybridized carbons (Fsp3) is 0.929. The summed E-state index contributed by atoms with van der Waals surface area (Å²) < 4.78 is 16.5. The highest BCUT2D eigenvalue weighted by Crippen LogP contribution is 2.48. The SMILES string of the molecule is CC1(C)OCC(COC(=O)C2CC3CCC2C3)O1. The summed E-state index contributed by atoms with van der Waals surface area (Å²) in [5.74, 6) is 0.954. The van der Waals surface area contributed by atoms with E-state index in [1.165, 1.54) is 19.3 Å². The Morgan fingerprint density at radius 2 is 2.17 bits per heavy atom. The molecule has 18 heavy (non-hydrogen) atoms. The van der Waals surface area contributed by atoms with E-state index in [9.17, 15) is 4.79 Å². The van der Waals surface area contributed by atoms with Crippen molar-refractivity contribution < 1.29 is 19.0 Å². The van der Waals surface area contributed by atoms with Gasteiger partial charge in [0.1, 0.15) is 12.7 Å². The van der Waals surface area contributed by atoms with Crippen molar-refractivity contribution in [3.63, 3.8) is 0 Å². The first-order chi connectivity index (χ1) is 8.53. The zero-order valence-electron chi connectivity index (χ0n) is 11.2. The maximum atomic E-state index is 12.0. The van der Waals surface area contributed by atoms with Gasteiger partial charge in [-0.1, -0.05) is 6.42 Å². The molecule has 1 aliphatic heterocycles. The maximum absolute atomic E-state index is 12.0. The molecule has 102 valence electrons. The van der Waals surface area contributed by atoms with Gasteiger partial charge in [0.25, 0.3) is 0 Å². The molecule has 2 bridgehead atoms. The molecule has 4 heteroatoms. The van der Waals surface area contributed by atoms with Crippen LogP contribution in [0.3, 0.4) is 0 Å². The van der Waals surface area contributed by atoms with E-state index in [0.29, 0.717) is 19.1 Å². The van der Waals surface area contributed by atoms with Gasteiger partial charge in [-0.15, -0.1) is 0 Å². The summed E-state index contributed by atoms with van der Waals surface area (Å²) in [5.41, 5.74) is 0. The zero-order valence-corrected chi connectivity index (χ0v) is 11.2. The number of fused-ring (bicyclic) bond motifs is 2. The second-order valence-corrected chi connectivity index (χ2v) is 6.36. The van der Waals surface area contributed by atoms with Crippen molar-refractivity contribution in [1.82, 2.24) is 0 Å². The Bertz CT molecular complexity index is 339. The highest BCUT2D eigenvalue weighted by atomic mass is 16.7. The number of carbonyl (C=O) groups is 1. The zero-order chi connectivity index (χ0) is 12.8. The Morgan fingerprint density at radius 3 is 2.72 bits per heavy atom. The van der Waals surface area contributed by atoms with Gasteiger partial charge in [0.05, 0.1) is 12.5 Å². The third-order valence-corrected chi connectivity index (χ3v) is 4.52. The standard InChI is InChI=1S/C14H22O4/c1-14(2)17-8-11(18-14)7-16-13(15)12-6-9-3-4-10(12)5-9/h9-12H,3-8H2,1-2H3. The van der Waals surface area contributed by atoms with Gasteiger partial charge in [0, 0.05) is 0 Å². The van der Waals surface area contributed by atoms with Gasteiger partial charge in [-0.2, -0.15) is 0 Å². The molecule has 2 saturated carbocycles. The van der Waals surface area contributed by atoms with Crippen LogP contribution in [0.1, 0.15) is 39.5 Å². The summed E-state index contributed by atoms with van der Waals surface area (Å²) in [7, 11) is 0. The van der Waals surface area contributed by atoms with E-state index >= 15 is 0 Å². The Hall–Kier alpha value is -0.610. The fourth-order valence-corrected chi connectivity index (χ4v) is 3.66. The molecule has 0 amide bonds. The molecule has 1 heterocycles. The molecule has 2 aliphatic carbocycles. The minimum absolute atomic E-state index is 0.0180. The molecular formula is C14H22O4. The van der Waals surface area contributed by atoms with Crippen LogP contribution in [0.5, 0.6) is 0 Å². The topological polar surface area (TPSA) is 44.8 Å². The molecule has 0 radical (unpaired) electrons. The molecule has 4 nitrogen and oxygen atoms in total. The number of ether oxygens (including phenoxy) is 3. The first-order valence-electron chi connectivity index (χ1n) is 7.02. The molecule has 4 atom stereocenters. The van der Waals surface area contributed by atoms with E-state index in [1.54, 1.807) is 0 Å². The van der Waals surface area contributed by atoms with Crippen LogP contribution in [0.15, 0.2) is 0 Å². The summed E-state index contributed by atoms with van der Waals surface area (Å²) in [5, 5.41) is 0. The van der Waals surface area contributed by atoms with Gasteiger partial charge < -0.3 is 14.2 Å². The minimum atomic E-state index is -0.538. The van der Waals surface area contributed by atoms with E-state index in [0.717, 1.165) is 12.3 Å². The van der Waals surface area contributed by atoms with Crippen molar-refractivity contribution in [2.75, 3.05) is 13.2 Å². The smallest absolute Gasteiger partial charge is 0.309 e. The number of hydrogen-bond acceptors (Lipinski definition) is 4. The quantitative estimate of drug-likeness (QED) is 0.724. The summed E-state index contributed by atoms with van der Waals surface area (Å²) >= 11 is 0. The van der Waals surface area contributed by atoms with Crippen LogP contribution in [-0.2, 0) is 19.0 Å². The monoisotopic (exact) mass is 254 g/mol. The lowest BCUT2D eigenvalue weighted by molar-refractivity contribution is -0.162.